The van der Waals surface area contributed by atoms with Gasteiger partial charge >= 0.3 is 15.6 Å². The van der Waals surface area contributed by atoms with Crippen molar-refractivity contribution in [2.45, 2.75) is 36.0 Å². The van der Waals surface area contributed by atoms with Crippen LogP contribution in [-0.4, -0.2) is 91.3 Å². The number of carbonyl (C=O) groups excluding carboxylic acids is 1. The van der Waals surface area contributed by atoms with Crippen LogP contribution in [-0.2, 0) is 9.13 Å². The van der Waals surface area contributed by atoms with E-state index in [-0.39, 0.29) is 5.78 Å². The number of Topliss-reactive ketones (excluding diaryl/α,β-unsaturated/α-hetero) is 1. The molecule has 39 heavy (non-hydrogen) atoms. The number of para-hydroxylation sites is 1. The van der Waals surface area contributed by atoms with Crippen LogP contribution in [0.3, 0.4) is 0 Å². The number of piperazine rings is 1. The minimum atomic E-state index is -4.64. The van der Waals surface area contributed by atoms with Crippen LogP contribution in [0, 0.1) is 0 Å². The summed E-state index contributed by atoms with van der Waals surface area (Å²) in [6.45, 7) is 8.81. The van der Waals surface area contributed by atoms with Crippen molar-refractivity contribution in [1.29, 1.82) is 0 Å². The predicted octanol–water partition coefficient (Wildman–Crippen LogP) is 3.05. The predicted molar refractivity (Wildman–Crippen MR) is 150 cm³/mol. The van der Waals surface area contributed by atoms with Crippen LogP contribution in [0.25, 0.3) is 0 Å². The molecule has 6 N–H and O–H groups in total. The monoisotopic (exact) mass is 605 g/mol. The van der Waals surface area contributed by atoms with Crippen LogP contribution < -0.4 is 4.90 Å². The molecule has 0 spiro atoms. The van der Waals surface area contributed by atoms with Gasteiger partial charge in [0.05, 0.1) is 11.4 Å². The molecular weight excluding hydrogens is 568 g/mol. The average molecular weight is 606 g/mol. The summed E-state index contributed by atoms with van der Waals surface area (Å²) in [5, 5.41) is 0. The number of benzene rings is 2. The standard InChI is InChI=1S/C24H31N3OS.2H3O4P/c1-3-7-22(28)19-10-11-24-21(18-19)27(20-8-4-5-9-23(20)29-24)13-6-12-26-16-14-25(2)15-17-26;2*1-5(2,3)4/h4-5,8-11,18H,3,6-7,12-17H2,1-2H3;2*(H3,1,2,3,4). The van der Waals surface area contributed by atoms with Gasteiger partial charge in [-0.2, -0.15) is 0 Å². The molecule has 2 aliphatic heterocycles. The lowest BCUT2D eigenvalue weighted by Gasteiger charge is -2.35. The molecule has 1 saturated heterocycles. The summed E-state index contributed by atoms with van der Waals surface area (Å²) < 4.78 is 17.8. The highest BCUT2D eigenvalue weighted by Crippen LogP contribution is 2.48. The highest BCUT2D eigenvalue weighted by atomic mass is 32.2. The van der Waals surface area contributed by atoms with E-state index in [2.05, 4.69) is 65.1 Å². The van der Waals surface area contributed by atoms with Gasteiger partial charge in [-0.25, -0.2) is 9.13 Å². The van der Waals surface area contributed by atoms with E-state index in [1.165, 1.54) is 21.2 Å². The van der Waals surface area contributed by atoms with Gasteiger partial charge in [0.1, 0.15) is 0 Å². The van der Waals surface area contributed by atoms with Crippen LogP contribution in [0.2, 0.25) is 0 Å². The minimum Gasteiger partial charge on any atom is -0.340 e. The number of nitrogens with zero attached hydrogens (tertiary/aromatic N) is 3. The van der Waals surface area contributed by atoms with Crippen LogP contribution >= 0.6 is 27.4 Å². The number of fused-ring (bicyclic) bond motifs is 2. The fraction of sp³-hybridized carbons (Fsp3) is 0.458. The molecule has 0 saturated carbocycles. The van der Waals surface area contributed by atoms with Crippen molar-refractivity contribution in [2.75, 3.05) is 51.2 Å². The second-order valence-corrected chi connectivity index (χ2v) is 12.2. The summed E-state index contributed by atoms with van der Waals surface area (Å²) in [7, 11) is -7.08. The maximum absolute atomic E-state index is 12.5. The van der Waals surface area contributed by atoms with Gasteiger partial charge in [0.15, 0.2) is 5.78 Å². The van der Waals surface area contributed by atoms with E-state index < -0.39 is 15.6 Å². The van der Waals surface area contributed by atoms with E-state index in [4.69, 9.17) is 38.5 Å². The Balaban J connectivity index is 0.000000458. The lowest BCUT2D eigenvalue weighted by molar-refractivity contribution is 0.0981. The van der Waals surface area contributed by atoms with Gasteiger partial charge in [-0.15, -0.1) is 0 Å². The van der Waals surface area contributed by atoms with Gasteiger partial charge in [-0.1, -0.05) is 36.9 Å². The molecule has 2 aromatic rings. The third-order valence-corrected chi connectivity index (χ3v) is 7.01. The van der Waals surface area contributed by atoms with Crippen molar-refractivity contribution in [3.63, 3.8) is 0 Å². The lowest BCUT2D eigenvalue weighted by atomic mass is 10.1. The Morgan fingerprint density at radius 2 is 1.41 bits per heavy atom. The van der Waals surface area contributed by atoms with Crippen molar-refractivity contribution >= 4 is 44.6 Å². The summed E-state index contributed by atoms with van der Waals surface area (Å²) in [6.07, 6.45) is 2.63. The zero-order valence-corrected chi connectivity index (χ0v) is 24.6. The number of likely N-dealkylation sites (N-methyl/N-ethyl adjacent to an activating group) is 1. The molecule has 1 fully saturated rings. The fourth-order valence-electron chi connectivity index (χ4n) is 4.14. The van der Waals surface area contributed by atoms with Crippen molar-refractivity contribution in [3.05, 3.63) is 48.0 Å². The van der Waals surface area contributed by atoms with Crippen molar-refractivity contribution < 1.29 is 43.3 Å². The van der Waals surface area contributed by atoms with Crippen molar-refractivity contribution in [1.82, 2.24) is 9.80 Å². The molecule has 0 bridgehead atoms. The third kappa shape index (κ3) is 13.1. The van der Waals surface area contributed by atoms with Gasteiger partial charge < -0.3 is 44.1 Å². The second-order valence-electron chi connectivity index (χ2n) is 9.10. The van der Waals surface area contributed by atoms with Crippen molar-refractivity contribution in [3.8, 4) is 0 Å². The summed E-state index contributed by atoms with van der Waals surface area (Å²) in [5.41, 5.74) is 3.30. The second kappa shape index (κ2) is 15.4. The molecule has 4 rings (SSSR count). The Kier molecular flexibility index (Phi) is 13.3. The first-order valence-corrected chi connectivity index (χ1v) is 16.3. The number of phosphoric acid groups is 2. The maximum Gasteiger partial charge on any atom is 0.466 e. The largest absolute Gasteiger partial charge is 0.466 e. The van der Waals surface area contributed by atoms with Crippen LogP contribution in [0.15, 0.2) is 52.3 Å². The number of anilines is 2. The molecule has 2 aromatic carbocycles. The molecule has 0 aromatic heterocycles. The van der Waals surface area contributed by atoms with E-state index in [1.54, 1.807) is 0 Å². The summed E-state index contributed by atoms with van der Waals surface area (Å²) in [5.74, 6) is 0.247. The molecule has 2 heterocycles. The number of rotatable bonds is 7. The maximum atomic E-state index is 12.5. The first-order chi connectivity index (χ1) is 18.2. The van der Waals surface area contributed by atoms with Gasteiger partial charge in [-0.05, 0) is 50.7 Å². The van der Waals surface area contributed by atoms with Gasteiger partial charge in [-0.3, -0.25) is 4.79 Å². The Morgan fingerprint density at radius 1 is 0.846 bits per heavy atom. The lowest BCUT2D eigenvalue weighted by Crippen LogP contribution is -2.45. The number of ketones is 1. The Hall–Kier alpha value is -1.60. The molecule has 0 unspecified atom stereocenters. The van der Waals surface area contributed by atoms with Crippen LogP contribution in [0.5, 0.6) is 0 Å². The van der Waals surface area contributed by atoms with E-state index in [0.717, 1.165) is 57.7 Å². The normalized spacial score (nSPS) is 15.7. The molecular formula is C24H37N3O9P2S. The summed E-state index contributed by atoms with van der Waals surface area (Å²) in [6, 6.07) is 14.9. The summed E-state index contributed by atoms with van der Waals surface area (Å²) in [4.78, 5) is 65.6. The number of hydrogen-bond acceptors (Lipinski definition) is 7. The Morgan fingerprint density at radius 3 is 2.00 bits per heavy atom. The average Bonchev–Trinajstić information content (AvgIpc) is 2.82. The first kappa shape index (κ1) is 33.6. The Bertz CT molecular complexity index is 1150. The van der Waals surface area contributed by atoms with E-state index in [1.807, 2.05) is 17.8 Å². The molecule has 15 heteroatoms. The highest BCUT2D eigenvalue weighted by Gasteiger charge is 2.24. The zero-order valence-electron chi connectivity index (χ0n) is 22.0. The molecule has 0 aliphatic carbocycles. The minimum absolute atomic E-state index is 0.247. The summed E-state index contributed by atoms with van der Waals surface area (Å²) >= 11 is 1.81. The van der Waals surface area contributed by atoms with E-state index in [9.17, 15) is 4.79 Å². The third-order valence-electron chi connectivity index (χ3n) is 5.88. The Labute approximate surface area is 232 Å². The van der Waals surface area contributed by atoms with Gasteiger partial charge in [0.25, 0.3) is 0 Å². The van der Waals surface area contributed by atoms with E-state index in [0.29, 0.717) is 6.42 Å². The van der Waals surface area contributed by atoms with Gasteiger partial charge in [0.2, 0.25) is 0 Å². The van der Waals surface area contributed by atoms with Gasteiger partial charge in [0, 0.05) is 54.5 Å². The first-order valence-electron chi connectivity index (χ1n) is 12.3. The molecule has 218 valence electrons. The van der Waals surface area contributed by atoms with E-state index >= 15 is 0 Å². The number of carbonyl (C=O) groups is 1. The topological polar surface area (TPSA) is 182 Å². The van der Waals surface area contributed by atoms with Crippen LogP contribution in [0.1, 0.15) is 36.5 Å². The molecule has 12 nitrogen and oxygen atoms in total. The smallest absolute Gasteiger partial charge is 0.340 e. The molecule has 0 atom stereocenters. The SMILES string of the molecule is CCCC(=O)c1ccc2c(c1)N(CCCN1CCN(C)CC1)c1ccccc1S2.O=P(O)(O)O.O=P(O)(O)O. The highest BCUT2D eigenvalue weighted by molar-refractivity contribution is 7.99. The molecule has 0 radical (unpaired) electrons. The number of hydrogen-bond donors (Lipinski definition) is 6. The van der Waals surface area contributed by atoms with Crippen LogP contribution in [0.4, 0.5) is 11.4 Å². The zero-order chi connectivity index (χ0) is 29.2. The molecule has 0 amide bonds. The fourth-order valence-corrected chi connectivity index (χ4v) is 5.22. The van der Waals surface area contributed by atoms with Crippen molar-refractivity contribution in [2.24, 2.45) is 0 Å². The molecule has 2 aliphatic rings. The quantitative estimate of drug-likeness (QED) is 0.200.